The number of aromatic nitrogens is 1. The summed E-state index contributed by atoms with van der Waals surface area (Å²) in [5, 5.41) is 14.7. The zero-order valence-corrected chi connectivity index (χ0v) is 14.1. The molecule has 1 rings (SSSR count). The zero-order valence-electron chi connectivity index (χ0n) is 13.3. The maximum Gasteiger partial charge on any atom is 0.307 e. The van der Waals surface area contributed by atoms with Crippen molar-refractivity contribution in [1.29, 1.82) is 0 Å². The van der Waals surface area contributed by atoms with E-state index in [0.717, 1.165) is 5.69 Å². The summed E-state index contributed by atoms with van der Waals surface area (Å²) in [7, 11) is 0. The number of nitrogens with one attached hydrogen (secondary N) is 1. The first kappa shape index (κ1) is 17.9. The number of thiazole rings is 1. The third-order valence-corrected chi connectivity index (χ3v) is 4.16. The summed E-state index contributed by atoms with van der Waals surface area (Å²) in [5.41, 5.74) is 0.0651. The molecule has 1 atom stereocenters. The van der Waals surface area contributed by atoms with Gasteiger partial charge in [0.15, 0.2) is 0 Å². The van der Waals surface area contributed by atoms with E-state index in [-0.39, 0.29) is 17.3 Å². The molecule has 0 spiro atoms. The molecule has 120 valence electrons. The lowest BCUT2D eigenvalue weighted by Crippen LogP contribution is -2.41. The average molecular weight is 314 g/mol. The summed E-state index contributed by atoms with van der Waals surface area (Å²) in [6.45, 7) is 8.53. The third kappa shape index (κ3) is 6.44. The summed E-state index contributed by atoms with van der Waals surface area (Å²) in [6.07, 6.45) is 1.63. The lowest BCUT2D eigenvalue weighted by molar-refractivity contribution is -0.122. The maximum absolute atomic E-state index is 11.8. The Morgan fingerprint density at radius 1 is 1.52 bits per heavy atom. The Morgan fingerprint density at radius 3 is 2.71 bits per heavy atom. The van der Waals surface area contributed by atoms with Gasteiger partial charge >= 0.3 is 4.87 Å². The summed E-state index contributed by atoms with van der Waals surface area (Å²) in [5.74, 6) is 0.297. The molecular weight excluding hydrogens is 288 g/mol. The van der Waals surface area contributed by atoms with Crippen LogP contribution in [0.25, 0.3) is 0 Å². The van der Waals surface area contributed by atoms with Crippen molar-refractivity contribution in [2.75, 3.05) is 6.54 Å². The average Bonchev–Trinajstić information content (AvgIpc) is 2.66. The molecular formula is C15H26N2O3S. The van der Waals surface area contributed by atoms with Crippen LogP contribution in [-0.2, 0) is 11.3 Å². The fourth-order valence-corrected chi connectivity index (χ4v) is 3.16. The van der Waals surface area contributed by atoms with Gasteiger partial charge in [0.2, 0.25) is 5.91 Å². The van der Waals surface area contributed by atoms with Crippen molar-refractivity contribution in [3.63, 3.8) is 0 Å². The molecule has 6 heteroatoms. The lowest BCUT2D eigenvalue weighted by atomic mass is 9.94. The number of rotatable bonds is 8. The van der Waals surface area contributed by atoms with Gasteiger partial charge in [-0.3, -0.25) is 9.59 Å². The smallest absolute Gasteiger partial charge is 0.307 e. The predicted octanol–water partition coefficient (Wildman–Crippen LogP) is 1.91. The van der Waals surface area contributed by atoms with Gasteiger partial charge in [-0.25, -0.2) is 0 Å². The van der Waals surface area contributed by atoms with Gasteiger partial charge in [-0.15, -0.1) is 0 Å². The highest BCUT2D eigenvalue weighted by Gasteiger charge is 2.22. The van der Waals surface area contributed by atoms with E-state index >= 15 is 0 Å². The Labute approximate surface area is 130 Å². The second kappa shape index (κ2) is 7.75. The highest BCUT2D eigenvalue weighted by atomic mass is 32.1. The third-order valence-electron chi connectivity index (χ3n) is 3.28. The predicted molar refractivity (Wildman–Crippen MR) is 85.6 cm³/mol. The van der Waals surface area contributed by atoms with Gasteiger partial charge in [-0.2, -0.15) is 0 Å². The van der Waals surface area contributed by atoms with E-state index < -0.39 is 5.60 Å². The lowest BCUT2D eigenvalue weighted by Gasteiger charge is -2.25. The van der Waals surface area contributed by atoms with Gasteiger partial charge in [0.1, 0.15) is 0 Å². The van der Waals surface area contributed by atoms with Crippen LogP contribution in [0, 0.1) is 12.8 Å². The SMILES string of the molecule is Cc1csc(=O)n1CCCC(=O)NCC(C)(O)CC(C)C. The largest absolute Gasteiger partial charge is 0.388 e. The van der Waals surface area contributed by atoms with Crippen LogP contribution in [0.3, 0.4) is 0 Å². The van der Waals surface area contributed by atoms with Gasteiger partial charge in [-0.05, 0) is 32.6 Å². The van der Waals surface area contributed by atoms with Crippen molar-refractivity contribution in [3.8, 4) is 0 Å². The molecule has 0 bridgehead atoms. The normalized spacial score (nSPS) is 14.2. The van der Waals surface area contributed by atoms with Crippen molar-refractivity contribution in [2.45, 2.75) is 59.1 Å². The molecule has 0 fully saturated rings. The molecule has 0 aromatic carbocycles. The number of amides is 1. The van der Waals surface area contributed by atoms with Crippen LogP contribution in [-0.4, -0.2) is 27.7 Å². The maximum atomic E-state index is 11.8. The minimum absolute atomic E-state index is 0.0211. The number of aryl methyl sites for hydroxylation is 1. The van der Waals surface area contributed by atoms with Gasteiger partial charge in [-0.1, -0.05) is 25.2 Å². The van der Waals surface area contributed by atoms with E-state index in [2.05, 4.69) is 5.32 Å². The first-order valence-corrected chi connectivity index (χ1v) is 8.23. The Kier molecular flexibility index (Phi) is 6.61. The second-order valence-electron chi connectivity index (χ2n) is 6.27. The van der Waals surface area contributed by atoms with Gasteiger partial charge in [0, 0.05) is 30.6 Å². The fourth-order valence-electron chi connectivity index (χ4n) is 2.40. The molecule has 21 heavy (non-hydrogen) atoms. The zero-order chi connectivity index (χ0) is 16.0. The van der Waals surface area contributed by atoms with Crippen LogP contribution < -0.4 is 10.2 Å². The summed E-state index contributed by atoms with van der Waals surface area (Å²) in [6, 6.07) is 0. The number of aliphatic hydroxyl groups is 1. The molecule has 0 aliphatic carbocycles. The first-order valence-electron chi connectivity index (χ1n) is 7.35. The van der Waals surface area contributed by atoms with Crippen LogP contribution in [0.5, 0.6) is 0 Å². The van der Waals surface area contributed by atoms with Crippen molar-refractivity contribution >= 4 is 17.2 Å². The molecule has 1 heterocycles. The molecule has 0 aliphatic heterocycles. The molecule has 1 aromatic heterocycles. The Hall–Kier alpha value is -1.14. The van der Waals surface area contributed by atoms with E-state index in [1.165, 1.54) is 11.3 Å². The molecule has 0 aliphatic rings. The van der Waals surface area contributed by atoms with Gasteiger partial charge < -0.3 is 15.0 Å². The molecule has 1 aromatic rings. The number of hydrogen-bond acceptors (Lipinski definition) is 4. The Morgan fingerprint density at radius 2 is 2.19 bits per heavy atom. The molecule has 1 unspecified atom stereocenters. The number of carbonyl (C=O) groups is 1. The van der Waals surface area contributed by atoms with Gasteiger partial charge in [0.25, 0.3) is 0 Å². The first-order chi connectivity index (χ1) is 9.71. The van der Waals surface area contributed by atoms with E-state index in [4.69, 9.17) is 0 Å². The highest BCUT2D eigenvalue weighted by molar-refractivity contribution is 7.07. The Bertz CT molecular complexity index is 517. The quantitative estimate of drug-likeness (QED) is 0.770. The van der Waals surface area contributed by atoms with Crippen molar-refractivity contribution in [2.24, 2.45) is 5.92 Å². The topological polar surface area (TPSA) is 71.3 Å². The molecule has 0 radical (unpaired) electrons. The summed E-state index contributed by atoms with van der Waals surface area (Å²) in [4.78, 5) is 23.3. The minimum Gasteiger partial charge on any atom is -0.388 e. The van der Waals surface area contributed by atoms with Crippen LogP contribution in [0.2, 0.25) is 0 Å². The Balaban J connectivity index is 2.30. The van der Waals surface area contributed by atoms with Crippen molar-refractivity contribution < 1.29 is 9.90 Å². The van der Waals surface area contributed by atoms with Crippen LogP contribution >= 0.6 is 11.3 Å². The second-order valence-corrected chi connectivity index (χ2v) is 7.09. The van der Waals surface area contributed by atoms with Crippen molar-refractivity contribution in [1.82, 2.24) is 9.88 Å². The highest BCUT2D eigenvalue weighted by Crippen LogP contribution is 2.15. The molecule has 0 saturated carbocycles. The van der Waals surface area contributed by atoms with E-state index in [1.54, 1.807) is 11.5 Å². The number of hydrogen-bond donors (Lipinski definition) is 2. The molecule has 2 N–H and O–H groups in total. The monoisotopic (exact) mass is 314 g/mol. The fraction of sp³-hybridized carbons (Fsp3) is 0.733. The number of nitrogens with zero attached hydrogens (tertiary/aromatic N) is 1. The van der Waals surface area contributed by atoms with Gasteiger partial charge in [0.05, 0.1) is 5.60 Å². The standard InChI is InChI=1S/C15H26N2O3S/c1-11(2)8-15(4,20)10-16-13(18)6-5-7-17-12(3)9-21-14(17)19/h9,11,20H,5-8,10H2,1-4H3,(H,16,18). The number of carbonyl (C=O) groups excluding carboxylic acids is 1. The van der Waals surface area contributed by atoms with E-state index in [1.807, 2.05) is 26.2 Å². The van der Waals surface area contributed by atoms with Crippen LogP contribution in [0.4, 0.5) is 0 Å². The van der Waals surface area contributed by atoms with Crippen molar-refractivity contribution in [3.05, 3.63) is 20.7 Å². The molecule has 5 nitrogen and oxygen atoms in total. The van der Waals surface area contributed by atoms with Crippen LogP contribution in [0.1, 0.15) is 45.7 Å². The summed E-state index contributed by atoms with van der Waals surface area (Å²) < 4.78 is 1.69. The van der Waals surface area contributed by atoms with E-state index in [9.17, 15) is 14.7 Å². The summed E-state index contributed by atoms with van der Waals surface area (Å²) >= 11 is 1.18. The molecule has 1 amide bonds. The van der Waals surface area contributed by atoms with Crippen LogP contribution in [0.15, 0.2) is 10.2 Å². The van der Waals surface area contributed by atoms with E-state index in [0.29, 0.717) is 31.7 Å². The molecule has 0 saturated heterocycles. The minimum atomic E-state index is -0.870.